The first kappa shape index (κ1) is 101. The predicted molar refractivity (Wildman–Crippen MR) is 450 cm³/mol. The van der Waals surface area contributed by atoms with Crippen molar-refractivity contribution in [3.8, 4) is 6.07 Å². The molecule has 19 nitrogen and oxygen atoms in total. The van der Waals surface area contributed by atoms with Crippen molar-refractivity contribution >= 4 is 136 Å². The van der Waals surface area contributed by atoms with Crippen LogP contribution >= 0.6 is 31.7 Å². The summed E-state index contributed by atoms with van der Waals surface area (Å²) in [4.78, 5) is 35.8. The number of Topliss-reactive ketones (excluding diaryl/α,β-unsaturated/α-hetero) is 3. The van der Waals surface area contributed by atoms with Crippen molar-refractivity contribution in [2.24, 2.45) is 0 Å². The van der Waals surface area contributed by atoms with Crippen LogP contribution in [0.15, 0.2) is 340 Å². The molecule has 0 aliphatic rings. The molecule has 0 aliphatic carbocycles. The SMILES string of the molecule is CC#N.CC(C)=O.CC(C)=O.CC(C)=O.O.[Cu+].[Cu+].[O-][Cl+3]([O-])([O-])[O-].[O-][Cl+3]([O-])([O-])[O-].c1ccc([PH+](CNc2cccc3c(NC[PH+](c4ccccc4)c4ccccc4)cccc23)c2ccccc2)cc1.c1ccc([PH+](CNc2cccc3c(NC[PH+](c4ccccc4)c4ccccc4)cccc23)c2ccccc2)cc1.c1cnccn1. The molecule has 0 fully saturated rings. The molecule has 27 heteroatoms. The summed E-state index contributed by atoms with van der Waals surface area (Å²) in [6.07, 6.45) is 10.2. The van der Waals surface area contributed by atoms with Crippen LogP contribution in [0.2, 0.25) is 0 Å². The topological polar surface area (TPSA) is 365 Å². The molecule has 1 heterocycles. The van der Waals surface area contributed by atoms with Gasteiger partial charge in [-0.1, -0.05) is 194 Å². The Hall–Kier alpha value is -9.08. The summed E-state index contributed by atoms with van der Waals surface area (Å²) in [6, 6.07) is 116. The number of hydrogen-bond donors (Lipinski definition) is 4. The van der Waals surface area contributed by atoms with Crippen LogP contribution in [0.1, 0.15) is 48.5 Å². The van der Waals surface area contributed by atoms with Crippen molar-refractivity contribution in [1.29, 1.82) is 5.26 Å². The summed E-state index contributed by atoms with van der Waals surface area (Å²) in [5.41, 5.74) is 4.75. The summed E-state index contributed by atoms with van der Waals surface area (Å²) in [7, 11) is -13.8. The first-order valence-electron chi connectivity index (χ1n) is 34.9. The molecule has 0 atom stereocenters. The molecule has 0 unspecified atom stereocenters. The third kappa shape index (κ3) is 41.3. The standard InChI is InChI=1S/2C36H32N2P2.C4H4N2.3C3H6O.C2H3N.2ClHO4.2Cu.H2O/c2*1-5-15-29(16-6-1)39(30-17-7-2-8-18-30)27-37-35-25-13-24-34-33(35)23-14-26-36(34)38-28-40(31-19-9-3-10-20-31)32-21-11-4-12-22-32;1-2-6-4-3-5-1;3*1-3(2)4;1-2-3;2*2-1(3,4)5;;;/h2*1-26,37-38H,27-28H2;1-4H;3*1-2H3;1H3;2*(H,2,3,4,5);;;1H2/q;;;;;;;;;2*+1;/p+2. The molecule has 602 valence electrons. The number of benzene rings is 12. The number of anilines is 4. The van der Waals surface area contributed by atoms with Crippen molar-refractivity contribution in [2.75, 3.05) is 46.4 Å². The molecule has 0 bridgehead atoms. The number of aromatic nitrogens is 2. The van der Waals surface area contributed by atoms with Crippen molar-refractivity contribution < 1.29 is 112 Å². The first-order valence-corrected chi connectivity index (χ1v) is 44.2. The van der Waals surface area contributed by atoms with E-state index in [-0.39, 0.29) is 57.0 Å². The Balaban J connectivity index is 0.000000554. The molecule has 0 spiro atoms. The monoisotopic (exact) mass is 1750 g/mol. The van der Waals surface area contributed by atoms with Gasteiger partial charge in [0.2, 0.25) is 0 Å². The molecule has 12 aromatic carbocycles. The molecule has 0 amide bonds. The van der Waals surface area contributed by atoms with Crippen LogP contribution in [-0.2, 0) is 48.5 Å². The third-order valence-electron chi connectivity index (χ3n) is 15.1. The van der Waals surface area contributed by atoms with E-state index in [4.69, 9.17) is 42.5 Å². The molecule has 0 saturated heterocycles. The fourth-order valence-electron chi connectivity index (χ4n) is 10.8. The van der Waals surface area contributed by atoms with E-state index in [1.165, 1.54) is 135 Å². The van der Waals surface area contributed by atoms with Crippen LogP contribution in [-0.4, -0.2) is 57.9 Å². The summed E-state index contributed by atoms with van der Waals surface area (Å²) < 4.78 is 67.9. The number of hydrogen-bond acceptors (Lipinski definition) is 18. The average Bonchev–Trinajstić information content (AvgIpc) is 0.802. The van der Waals surface area contributed by atoms with E-state index in [9.17, 15) is 14.4 Å². The fraction of sp³-hybridized carbons (Fsp3) is 0.126. The summed E-state index contributed by atoms with van der Waals surface area (Å²) in [5, 5.41) is 39.1. The van der Waals surface area contributed by atoms with E-state index in [0.717, 1.165) is 25.1 Å². The predicted octanol–water partition coefficient (Wildman–Crippen LogP) is 7.07. The molecule has 1 aromatic heterocycles. The number of fused-ring (bicyclic) bond motifs is 2. The molecule has 0 saturated carbocycles. The van der Waals surface area contributed by atoms with Gasteiger partial charge >= 0.3 is 34.1 Å². The minimum Gasteiger partial charge on any atom is -0.412 e. The van der Waals surface area contributed by atoms with Gasteiger partial charge in [0.15, 0.2) is 0 Å². The second kappa shape index (κ2) is 57.0. The van der Waals surface area contributed by atoms with Gasteiger partial charge in [0.25, 0.3) is 0 Å². The normalized spacial score (nSPS) is 10.1. The Morgan fingerprint density at radius 3 is 0.526 bits per heavy atom. The third-order valence-corrected chi connectivity index (χ3v) is 25.5. The van der Waals surface area contributed by atoms with Gasteiger partial charge in [-0.15, -0.1) is 20.5 Å². The zero-order valence-electron chi connectivity index (χ0n) is 63.9. The van der Waals surface area contributed by atoms with Gasteiger partial charge in [-0.25, -0.2) is 37.3 Å². The number of nitrogens with zero attached hydrogens (tertiary/aromatic N) is 3. The average molecular weight is 1750 g/mol. The molecular weight excluding hydrogens is 1660 g/mol. The van der Waals surface area contributed by atoms with Crippen molar-refractivity contribution in [2.45, 2.75) is 48.5 Å². The summed E-state index contributed by atoms with van der Waals surface area (Å²) >= 11 is 0. The Labute approximate surface area is 698 Å². The van der Waals surface area contributed by atoms with E-state index < -0.39 is 52.2 Å². The van der Waals surface area contributed by atoms with E-state index in [1.54, 1.807) is 30.9 Å². The maximum absolute atomic E-state index is 9.44. The maximum atomic E-state index is 9.44. The quantitative estimate of drug-likeness (QED) is 0.0438. The minimum atomic E-state index is -4.94. The summed E-state index contributed by atoms with van der Waals surface area (Å²) in [6.45, 7) is 10.6. The van der Waals surface area contributed by atoms with E-state index in [1.807, 2.05) is 0 Å². The Morgan fingerprint density at radius 2 is 0.412 bits per heavy atom. The van der Waals surface area contributed by atoms with Gasteiger partial charge in [-0.3, -0.25) is 9.97 Å². The Bertz CT molecular complexity index is 4060. The largest absolute Gasteiger partial charge is 1.00 e. The minimum absolute atomic E-state index is 0. The van der Waals surface area contributed by atoms with E-state index in [0.29, 0.717) is 0 Å². The number of carbonyl (C=O) groups is 3. The zero-order valence-corrected chi connectivity index (χ0v) is 71.2. The van der Waals surface area contributed by atoms with Crippen molar-refractivity contribution in [3.63, 3.8) is 0 Å². The number of nitriles is 1. The number of ketones is 3. The van der Waals surface area contributed by atoms with Crippen molar-refractivity contribution in [3.05, 3.63) is 340 Å². The van der Waals surface area contributed by atoms with E-state index >= 15 is 0 Å². The Morgan fingerprint density at radius 1 is 0.289 bits per heavy atom. The number of halogens is 2. The molecular formula is C87H95Cl2Cu2N7O12P4+4. The van der Waals surface area contributed by atoms with Gasteiger partial charge < -0.3 is 41.1 Å². The van der Waals surface area contributed by atoms with Crippen LogP contribution in [0.4, 0.5) is 22.7 Å². The zero-order chi connectivity index (χ0) is 80.7. The molecule has 114 heavy (non-hydrogen) atoms. The van der Waals surface area contributed by atoms with E-state index in [2.05, 4.69) is 347 Å². The van der Waals surface area contributed by atoms with Gasteiger partial charge in [0.05, 0.1) is 80.2 Å². The smallest absolute Gasteiger partial charge is 0.412 e. The van der Waals surface area contributed by atoms with Gasteiger partial charge in [0.1, 0.15) is 42.5 Å². The Kier molecular flexibility index (Phi) is 50.5. The van der Waals surface area contributed by atoms with Gasteiger partial charge in [0, 0.05) is 76.0 Å². The van der Waals surface area contributed by atoms with Gasteiger partial charge in [-0.05, 0) is 163 Å². The number of nitrogens with one attached hydrogen (secondary N) is 4. The molecule has 13 rings (SSSR count). The van der Waals surface area contributed by atoms with Crippen LogP contribution < -0.4 is 101 Å². The number of carbonyl (C=O) groups excluding carboxylic acids is 3. The van der Waals surface area contributed by atoms with Crippen LogP contribution in [0.5, 0.6) is 0 Å². The number of rotatable bonds is 20. The van der Waals surface area contributed by atoms with Crippen LogP contribution in [0.3, 0.4) is 0 Å². The summed E-state index contributed by atoms with van der Waals surface area (Å²) in [5.74, 6) is 0.500. The molecule has 13 aromatic rings. The van der Waals surface area contributed by atoms with Gasteiger partial charge in [-0.2, -0.15) is 5.26 Å². The molecule has 0 radical (unpaired) electrons. The molecule has 6 N–H and O–H groups in total. The maximum Gasteiger partial charge on any atom is 1.00 e. The second-order valence-corrected chi connectivity index (χ2v) is 35.6. The first-order chi connectivity index (χ1) is 53.3. The molecule has 0 aliphatic heterocycles. The van der Waals surface area contributed by atoms with Crippen LogP contribution in [0.25, 0.3) is 21.5 Å². The second-order valence-electron chi connectivity index (χ2n) is 24.3. The fourth-order valence-corrected chi connectivity index (χ4v) is 20.0. The van der Waals surface area contributed by atoms with Crippen molar-refractivity contribution in [1.82, 2.24) is 9.97 Å². The van der Waals surface area contributed by atoms with Crippen LogP contribution in [0, 0.1) is 31.8 Å².